The van der Waals surface area contributed by atoms with Gasteiger partial charge < -0.3 is 10.2 Å². The molecule has 110 valence electrons. The Morgan fingerprint density at radius 3 is 2.21 bits per heavy atom. The highest BCUT2D eigenvalue weighted by Gasteiger charge is 2.47. The summed E-state index contributed by atoms with van der Waals surface area (Å²) in [4.78, 5) is 17.3. The third kappa shape index (κ3) is 2.79. The predicted molar refractivity (Wildman–Crippen MR) is 78.1 cm³/mol. The average molecular weight is 267 g/mol. The van der Waals surface area contributed by atoms with E-state index in [2.05, 4.69) is 56.7 Å². The second-order valence-corrected chi connectivity index (χ2v) is 7.82. The van der Waals surface area contributed by atoms with E-state index in [1.807, 2.05) is 0 Å². The molecule has 0 bridgehead atoms. The second-order valence-electron chi connectivity index (χ2n) is 7.82. The van der Waals surface area contributed by atoms with E-state index in [0.29, 0.717) is 11.9 Å². The maximum atomic E-state index is 12.9. The molecule has 4 nitrogen and oxygen atoms in total. The molecule has 2 aliphatic rings. The van der Waals surface area contributed by atoms with Crippen molar-refractivity contribution in [2.24, 2.45) is 0 Å². The van der Waals surface area contributed by atoms with Crippen LogP contribution in [0.4, 0.5) is 0 Å². The van der Waals surface area contributed by atoms with Crippen molar-refractivity contribution in [3.05, 3.63) is 0 Å². The van der Waals surface area contributed by atoms with Crippen LogP contribution < -0.4 is 5.32 Å². The van der Waals surface area contributed by atoms with Gasteiger partial charge >= 0.3 is 0 Å². The van der Waals surface area contributed by atoms with E-state index in [4.69, 9.17) is 0 Å². The number of carbonyl (C=O) groups is 1. The first-order chi connectivity index (χ1) is 8.62. The minimum Gasteiger partial charge on any atom is -0.336 e. The van der Waals surface area contributed by atoms with E-state index in [0.717, 1.165) is 26.1 Å². The van der Waals surface area contributed by atoms with Crippen LogP contribution in [0.15, 0.2) is 0 Å². The molecule has 0 radical (unpaired) electrons. The van der Waals surface area contributed by atoms with Crippen molar-refractivity contribution in [2.75, 3.05) is 19.6 Å². The highest BCUT2D eigenvalue weighted by atomic mass is 16.2. The number of piperidine rings is 1. The molecule has 4 heteroatoms. The summed E-state index contributed by atoms with van der Waals surface area (Å²) >= 11 is 0. The number of hydrogen-bond donors (Lipinski definition) is 1. The van der Waals surface area contributed by atoms with Crippen LogP contribution in [-0.4, -0.2) is 58.5 Å². The van der Waals surface area contributed by atoms with Gasteiger partial charge in [-0.05, 0) is 48.0 Å². The maximum absolute atomic E-state index is 12.9. The molecule has 0 saturated carbocycles. The number of likely N-dealkylation sites (tertiary alicyclic amines) is 1. The molecule has 2 atom stereocenters. The van der Waals surface area contributed by atoms with Crippen LogP contribution in [0.1, 0.15) is 48.0 Å². The first-order valence-electron chi connectivity index (χ1n) is 7.44. The highest BCUT2D eigenvalue weighted by Crippen LogP contribution is 2.30. The van der Waals surface area contributed by atoms with E-state index in [9.17, 15) is 4.79 Å². The molecule has 1 amide bonds. The Balaban J connectivity index is 2.27. The number of nitrogens with one attached hydrogen (secondary N) is 1. The molecule has 2 unspecified atom stereocenters. The SMILES string of the molecule is CC(C)(C)N1CCC2NCCN(C(C)(C)C)C2C1=O. The molecule has 0 aromatic heterocycles. The van der Waals surface area contributed by atoms with Crippen LogP contribution in [0.2, 0.25) is 0 Å². The molecular formula is C15H29N3O. The lowest BCUT2D eigenvalue weighted by molar-refractivity contribution is -0.152. The summed E-state index contributed by atoms with van der Waals surface area (Å²) in [6.45, 7) is 15.8. The van der Waals surface area contributed by atoms with Crippen molar-refractivity contribution >= 4 is 5.91 Å². The molecule has 0 aromatic rings. The number of hydrogen-bond acceptors (Lipinski definition) is 3. The molecule has 2 aliphatic heterocycles. The summed E-state index contributed by atoms with van der Waals surface area (Å²) in [5, 5.41) is 3.54. The number of amides is 1. The van der Waals surface area contributed by atoms with Crippen molar-refractivity contribution < 1.29 is 4.79 Å². The maximum Gasteiger partial charge on any atom is 0.241 e. The summed E-state index contributed by atoms with van der Waals surface area (Å²) in [6.07, 6.45) is 1.06. The zero-order valence-corrected chi connectivity index (χ0v) is 13.3. The van der Waals surface area contributed by atoms with Crippen molar-refractivity contribution in [2.45, 2.75) is 71.1 Å². The molecule has 2 heterocycles. The zero-order chi connectivity index (χ0) is 14.4. The van der Waals surface area contributed by atoms with E-state index in [1.54, 1.807) is 0 Å². The third-order valence-corrected chi connectivity index (χ3v) is 4.33. The first-order valence-corrected chi connectivity index (χ1v) is 7.44. The summed E-state index contributed by atoms with van der Waals surface area (Å²) in [6, 6.07) is 0.320. The van der Waals surface area contributed by atoms with Gasteiger partial charge in [0.15, 0.2) is 0 Å². The first kappa shape index (κ1) is 14.8. The molecule has 0 spiro atoms. The van der Waals surface area contributed by atoms with Crippen LogP contribution in [0.25, 0.3) is 0 Å². The van der Waals surface area contributed by atoms with Gasteiger partial charge in [0.05, 0.1) is 0 Å². The molecule has 0 aliphatic carbocycles. The van der Waals surface area contributed by atoms with Crippen LogP contribution in [0, 0.1) is 0 Å². The third-order valence-electron chi connectivity index (χ3n) is 4.33. The number of piperazine rings is 1. The largest absolute Gasteiger partial charge is 0.336 e. The summed E-state index contributed by atoms with van der Waals surface area (Å²) in [5.41, 5.74) is -0.0371. The molecule has 1 N–H and O–H groups in total. The van der Waals surface area contributed by atoms with E-state index < -0.39 is 0 Å². The van der Waals surface area contributed by atoms with Crippen LogP contribution in [-0.2, 0) is 4.79 Å². The Hall–Kier alpha value is -0.610. The van der Waals surface area contributed by atoms with E-state index >= 15 is 0 Å². The lowest BCUT2D eigenvalue weighted by atomic mass is 9.88. The van der Waals surface area contributed by atoms with Crippen LogP contribution >= 0.6 is 0 Å². The van der Waals surface area contributed by atoms with E-state index in [1.165, 1.54) is 0 Å². The Morgan fingerprint density at radius 1 is 1.05 bits per heavy atom. The number of fused-ring (bicyclic) bond motifs is 1. The molecule has 0 aromatic carbocycles. The minimum absolute atomic E-state index is 0.00160. The van der Waals surface area contributed by atoms with Gasteiger partial charge in [0.1, 0.15) is 6.04 Å². The Labute approximate surface area is 117 Å². The number of carbonyl (C=O) groups excluding carboxylic acids is 1. The standard InChI is InChI=1S/C15H29N3O/c1-14(2,3)17-10-8-16-11-7-9-18(15(4,5)6)13(19)12(11)17/h11-12,16H,7-10H2,1-6H3. The number of nitrogens with zero attached hydrogens (tertiary/aromatic N) is 2. The topological polar surface area (TPSA) is 35.6 Å². The van der Waals surface area contributed by atoms with Gasteiger partial charge in [-0.2, -0.15) is 0 Å². The van der Waals surface area contributed by atoms with Gasteiger partial charge in [0, 0.05) is 36.8 Å². The monoisotopic (exact) mass is 267 g/mol. The van der Waals surface area contributed by atoms with Gasteiger partial charge in [-0.1, -0.05) is 0 Å². The smallest absolute Gasteiger partial charge is 0.241 e. The Bertz CT molecular complexity index is 353. The second kappa shape index (κ2) is 4.74. The van der Waals surface area contributed by atoms with Gasteiger partial charge in [0.25, 0.3) is 0 Å². The van der Waals surface area contributed by atoms with Crippen molar-refractivity contribution in [1.82, 2.24) is 15.1 Å². The highest BCUT2D eigenvalue weighted by molar-refractivity contribution is 5.84. The summed E-state index contributed by atoms with van der Waals surface area (Å²) in [7, 11) is 0. The molecule has 2 saturated heterocycles. The van der Waals surface area contributed by atoms with E-state index in [-0.39, 0.29) is 17.1 Å². The number of rotatable bonds is 0. The van der Waals surface area contributed by atoms with Gasteiger partial charge in [0.2, 0.25) is 5.91 Å². The lowest BCUT2D eigenvalue weighted by Gasteiger charge is -2.53. The van der Waals surface area contributed by atoms with Gasteiger partial charge in [-0.25, -0.2) is 0 Å². The fourth-order valence-electron chi connectivity index (χ4n) is 3.36. The van der Waals surface area contributed by atoms with Gasteiger partial charge in [-0.3, -0.25) is 9.69 Å². The molecule has 2 rings (SSSR count). The zero-order valence-electron chi connectivity index (χ0n) is 13.3. The fraction of sp³-hybridized carbons (Fsp3) is 0.933. The van der Waals surface area contributed by atoms with Crippen molar-refractivity contribution in [1.29, 1.82) is 0 Å². The molecular weight excluding hydrogens is 238 g/mol. The minimum atomic E-state index is -0.0803. The lowest BCUT2D eigenvalue weighted by Crippen LogP contribution is -2.72. The van der Waals surface area contributed by atoms with Gasteiger partial charge in [-0.15, -0.1) is 0 Å². The molecule has 2 fully saturated rings. The molecule has 19 heavy (non-hydrogen) atoms. The Kier molecular flexibility index (Phi) is 3.69. The van der Waals surface area contributed by atoms with Crippen LogP contribution in [0.3, 0.4) is 0 Å². The van der Waals surface area contributed by atoms with Crippen LogP contribution in [0.5, 0.6) is 0 Å². The summed E-state index contributed by atoms with van der Waals surface area (Å²) in [5.74, 6) is 0.297. The normalized spacial score (nSPS) is 30.4. The predicted octanol–water partition coefficient (Wildman–Crippen LogP) is 1.46. The summed E-state index contributed by atoms with van der Waals surface area (Å²) < 4.78 is 0. The van der Waals surface area contributed by atoms with Crippen molar-refractivity contribution in [3.63, 3.8) is 0 Å². The average Bonchev–Trinajstić information content (AvgIpc) is 2.25. The fourth-order valence-corrected chi connectivity index (χ4v) is 3.36. The quantitative estimate of drug-likeness (QED) is 0.722. The Morgan fingerprint density at radius 2 is 1.68 bits per heavy atom. The van der Waals surface area contributed by atoms with Crippen molar-refractivity contribution in [3.8, 4) is 0 Å².